The number of alkyl halides is 2. The minimum Gasteiger partial charge on any atom is -0.399 e. The fourth-order valence-corrected chi connectivity index (χ4v) is 13.2. The molecule has 3 saturated heterocycles. The molecule has 4 atom stereocenters. The van der Waals surface area contributed by atoms with Crippen LogP contribution in [0.5, 0.6) is 0 Å². The second kappa shape index (κ2) is 31.8. The van der Waals surface area contributed by atoms with E-state index < -0.39 is 89.6 Å². The maximum Gasteiger partial charge on any atom is 0.497 e. The largest absolute Gasteiger partial charge is 0.497 e. The van der Waals surface area contributed by atoms with Gasteiger partial charge in [0.25, 0.3) is 11.8 Å². The average molecular weight is 1460 g/mol. The van der Waals surface area contributed by atoms with Crippen LogP contribution in [-0.4, -0.2) is 132 Å². The third-order valence-electron chi connectivity index (χ3n) is 18.5. The molecule has 0 saturated carbocycles. The number of halogens is 5. The summed E-state index contributed by atoms with van der Waals surface area (Å²) >= 11 is 10.7. The van der Waals surface area contributed by atoms with Crippen molar-refractivity contribution in [2.45, 2.75) is 148 Å². The zero-order chi connectivity index (χ0) is 69.1. The van der Waals surface area contributed by atoms with E-state index in [1.807, 2.05) is 52.0 Å². The summed E-state index contributed by atoms with van der Waals surface area (Å²) in [5, 5.41) is 9.33. The normalized spacial score (nSPS) is 18.7. The lowest BCUT2D eigenvalue weighted by Crippen LogP contribution is -2.43. The summed E-state index contributed by atoms with van der Waals surface area (Å²) in [5.41, 5.74) is 15.4. The van der Waals surface area contributed by atoms with E-state index in [0.717, 1.165) is 41.3 Å². The summed E-state index contributed by atoms with van der Waals surface area (Å²) < 4.78 is 76.0. The number of Topliss-reactive ketones (excluding diaryl/α,β-unsaturated/α-hetero) is 4. The number of aromatic nitrogens is 4. The Labute approximate surface area is 589 Å². The first-order chi connectivity index (χ1) is 45.8. The average Bonchev–Trinajstić information content (AvgIpc) is 1.49. The highest BCUT2D eigenvalue weighted by molar-refractivity contribution is 9.10. The van der Waals surface area contributed by atoms with Crippen LogP contribution in [0.4, 0.5) is 17.6 Å². The van der Waals surface area contributed by atoms with Gasteiger partial charge < -0.3 is 30.6 Å². The van der Waals surface area contributed by atoms with Gasteiger partial charge in [0, 0.05) is 98.3 Å². The summed E-state index contributed by atoms with van der Waals surface area (Å²) in [7, 11) is -0.950. The lowest BCUT2D eigenvalue weighted by molar-refractivity contribution is -0.138. The lowest BCUT2D eigenvalue weighted by Gasteiger charge is -2.32. The molecule has 4 amide bonds. The van der Waals surface area contributed by atoms with Crippen LogP contribution in [0, 0.1) is 11.6 Å². The number of fused-ring (bicyclic) bond motifs is 4. The first-order valence-corrected chi connectivity index (χ1v) is 33.4. The van der Waals surface area contributed by atoms with Crippen molar-refractivity contribution >= 4 is 133 Å². The zero-order valence-corrected chi connectivity index (χ0v) is 57.7. The number of hydrogen-bond donors (Lipinski definition) is 2. The summed E-state index contributed by atoms with van der Waals surface area (Å²) in [5.74, 6) is -4.47. The van der Waals surface area contributed by atoms with E-state index in [1.165, 1.54) is 36.9 Å². The van der Waals surface area contributed by atoms with Crippen molar-refractivity contribution in [2.24, 2.45) is 11.5 Å². The first-order valence-electron chi connectivity index (χ1n) is 31.3. The van der Waals surface area contributed by atoms with E-state index in [2.05, 4.69) is 48.5 Å². The Morgan fingerprint density at radius 1 is 0.592 bits per heavy atom. The van der Waals surface area contributed by atoms with E-state index in [4.69, 9.17) is 20.8 Å². The summed E-state index contributed by atoms with van der Waals surface area (Å²) in [4.78, 5) is 103. The smallest absolute Gasteiger partial charge is 0.399 e. The maximum absolute atomic E-state index is 15.7. The number of para-hydroxylation sites is 2. The van der Waals surface area contributed by atoms with Gasteiger partial charge in [-0.2, -0.15) is 23.7 Å². The monoisotopic (exact) mass is 1460 g/mol. The third kappa shape index (κ3) is 16.1. The van der Waals surface area contributed by atoms with Crippen molar-refractivity contribution in [3.63, 3.8) is 0 Å². The minimum absolute atomic E-state index is 0. The van der Waals surface area contributed by atoms with Crippen LogP contribution in [0.3, 0.4) is 0 Å². The molecule has 4 N–H and O–H groups in total. The van der Waals surface area contributed by atoms with Crippen LogP contribution in [0.25, 0.3) is 32.9 Å². The number of amides is 4. The van der Waals surface area contributed by atoms with Gasteiger partial charge in [0.05, 0.1) is 47.4 Å². The quantitative estimate of drug-likeness (QED) is 0.0759. The first kappa shape index (κ1) is 75.6. The molecule has 514 valence electrons. The van der Waals surface area contributed by atoms with Crippen LogP contribution < -0.4 is 16.9 Å². The number of carbonyl (C=O) groups is 8. The predicted molar refractivity (Wildman–Crippen MR) is 378 cm³/mol. The van der Waals surface area contributed by atoms with Crippen LogP contribution >= 0.6 is 29.4 Å². The van der Waals surface area contributed by atoms with E-state index in [0.29, 0.717) is 45.8 Å². The van der Waals surface area contributed by atoms with Gasteiger partial charge in [-0.1, -0.05) is 114 Å². The standard InChI is InChI=1S/C32H28F2N4O4.C28H31BF2N4O5.C10H9BrO.CH4.S2.H2S/c33-21-15-26(37(16-21)29(41)17-38-25-9-2-1-7-23(25)31(36-38)32(35)42)28(40)14-20-6-3-8-22(30(20)34)19-12-11-18-5-4-10-27(39)24(18)13-19;1-27(2)28(3,4)40-29(39-27)19-10-7-8-16(24(19)31)12-22(36)21-13-17(30)14-34(21)23(37)15-35-20-11-6-5-9-18(20)25(33-35)26(32)38;11-8-5-4-7-2-1-3-10(12)9(7)6-8;;1-2;/h1-3,6-9,11-13,21,26H,4-5,10,14-17H2,(H2,35,42);5-11,17,21H,12-15H2,1-4H3,(H2,32,38);4-6H,1-3H2;1H4;;1H2/t21-,26+;17-,21+;;;;/m11..../s1. The number of carbonyl (C=O) groups excluding carboxylic acids is 8. The van der Waals surface area contributed by atoms with E-state index in [-0.39, 0.29) is 118 Å². The van der Waals surface area contributed by atoms with Gasteiger partial charge in [-0.15, -0.1) is 0 Å². The predicted octanol–water partition coefficient (Wildman–Crippen LogP) is 10.2. The van der Waals surface area contributed by atoms with Gasteiger partial charge in [0.2, 0.25) is 11.8 Å². The highest BCUT2D eigenvalue weighted by atomic mass is 79.9. The zero-order valence-electron chi connectivity index (χ0n) is 53.5. The van der Waals surface area contributed by atoms with Crippen LogP contribution in [-0.2, 0) is 89.6 Å². The number of rotatable bonds is 14. The van der Waals surface area contributed by atoms with Crippen molar-refractivity contribution in [3.05, 3.63) is 182 Å². The SMILES string of the molecule is C.CC1(C)OB(c2cccc(CC(=O)[C@@H]3C[C@@H](F)CN3C(=O)Cn3nc(C(N)=O)c4ccccc43)c2F)OC1(C)C.NC(=O)c1nn(CC(=O)N2C[C@H](F)C[C@H]2C(=O)Cc2cccc(-c3ccc4c(c3)C(=O)CCC4)c2F)c2ccccc12.O=C1CCCc2ccc(Br)cc21.S.S=S. The van der Waals surface area contributed by atoms with Crippen molar-refractivity contribution in [1.29, 1.82) is 0 Å². The van der Waals surface area contributed by atoms with Gasteiger partial charge in [-0.3, -0.25) is 47.7 Å². The van der Waals surface area contributed by atoms with Crippen LogP contribution in [0.1, 0.15) is 138 Å². The highest BCUT2D eigenvalue weighted by Gasteiger charge is 2.53. The van der Waals surface area contributed by atoms with Crippen LogP contribution in [0.15, 0.2) is 126 Å². The summed E-state index contributed by atoms with van der Waals surface area (Å²) in [6.07, 6.45) is 0.960. The second-order valence-corrected chi connectivity index (χ2v) is 26.2. The lowest BCUT2D eigenvalue weighted by atomic mass is 9.77. The number of hydrogen-bond acceptors (Lipinski definition) is 14. The Kier molecular flexibility index (Phi) is 24.5. The van der Waals surface area contributed by atoms with Crippen molar-refractivity contribution in [3.8, 4) is 11.1 Å². The molecule has 0 unspecified atom stereocenters. The molecule has 3 aliphatic heterocycles. The van der Waals surface area contributed by atoms with Crippen molar-refractivity contribution in [1.82, 2.24) is 29.4 Å². The van der Waals surface area contributed by atoms with Gasteiger partial charge in [-0.05, 0) is 112 Å². The Hall–Kier alpha value is -8.21. The molecule has 5 heterocycles. The van der Waals surface area contributed by atoms with Gasteiger partial charge >= 0.3 is 7.12 Å². The van der Waals surface area contributed by atoms with Gasteiger partial charge in [0.15, 0.2) is 34.5 Å². The fraction of sp³-hybridized carbons (Fsp3) is 0.352. The Morgan fingerprint density at radius 3 is 1.51 bits per heavy atom. The number of ketones is 4. The fourth-order valence-electron chi connectivity index (χ4n) is 12.9. The molecule has 6 aromatic carbocycles. The van der Waals surface area contributed by atoms with E-state index in [9.17, 15) is 47.1 Å². The van der Waals surface area contributed by atoms with Gasteiger partial charge in [0.1, 0.15) is 37.1 Å². The Morgan fingerprint density at radius 2 is 1.03 bits per heavy atom. The molecule has 18 nitrogen and oxygen atoms in total. The molecule has 2 aliphatic carbocycles. The number of aryl methyl sites for hydroxylation is 2. The number of nitrogens with zero attached hydrogens (tertiary/aromatic N) is 6. The highest BCUT2D eigenvalue weighted by Crippen LogP contribution is 2.38. The molecule has 2 aromatic heterocycles. The van der Waals surface area contributed by atoms with Gasteiger partial charge in [-0.25, -0.2) is 17.6 Å². The molecule has 27 heteroatoms. The number of likely N-dealkylation sites (tertiary alicyclic amines) is 2. The maximum atomic E-state index is 15.7. The summed E-state index contributed by atoms with van der Waals surface area (Å²) in [6, 6.07) is 32.1. The molecule has 5 aliphatic rings. The Balaban J connectivity index is 0.000000205. The molecular weight excluding hydrogens is 1390 g/mol. The number of nitrogens with two attached hydrogens (primary N) is 2. The van der Waals surface area contributed by atoms with Crippen molar-refractivity contribution in [2.75, 3.05) is 13.1 Å². The molecular formula is C71H74BBrF4N8O10S3. The molecule has 3 fully saturated rings. The third-order valence-corrected chi connectivity index (χ3v) is 18.9. The molecule has 0 spiro atoms. The Bertz CT molecular complexity index is 4410. The van der Waals surface area contributed by atoms with Crippen LogP contribution in [0.2, 0.25) is 0 Å². The second-order valence-electron chi connectivity index (χ2n) is 25.3. The molecule has 0 radical (unpaired) electrons. The molecule has 0 bridgehead atoms. The van der Waals surface area contributed by atoms with E-state index in [1.54, 1.807) is 84.9 Å². The number of benzene rings is 6. The number of primary amides is 2. The van der Waals surface area contributed by atoms with Crippen molar-refractivity contribution < 1.29 is 65.2 Å². The van der Waals surface area contributed by atoms with E-state index >= 15 is 8.78 Å². The molecule has 8 aromatic rings. The topological polar surface area (TPSA) is 249 Å². The summed E-state index contributed by atoms with van der Waals surface area (Å²) in [6.45, 7) is 6.24. The molecule has 13 rings (SSSR count). The molecule has 98 heavy (non-hydrogen) atoms. The minimum atomic E-state index is -1.41.